The predicted octanol–water partition coefficient (Wildman–Crippen LogP) is 1.21. The van der Waals surface area contributed by atoms with E-state index in [1.54, 1.807) is 43.0 Å². The number of hydrogen-bond acceptors (Lipinski definition) is 8. The number of ether oxygens (including phenoxy) is 2. The summed E-state index contributed by atoms with van der Waals surface area (Å²) < 4.78 is 15.1. The monoisotopic (exact) mass is 520 g/mol. The smallest absolute Gasteiger partial charge is 0.332 e. The van der Waals surface area contributed by atoms with E-state index < -0.39 is 17.4 Å². The third-order valence-electron chi connectivity index (χ3n) is 6.91. The molecule has 1 saturated heterocycles. The zero-order chi connectivity index (χ0) is 26.8. The fraction of sp³-hybridized carbons (Fsp3) is 0.370. The standard InChI is InChI=1S/C27H32N6O5/c1-29-24-23(25(35)30(2)27(29)36)33(17-20(34)18-38-22-11-9-21(37-3)10-12-22)26(28-24)32-15-13-31(14-16-32)19-7-5-4-6-8-19/h4-12,20,34H,13-18H2,1-3H3/t20-/m1/s1. The summed E-state index contributed by atoms with van der Waals surface area (Å²) in [6, 6.07) is 17.3. The van der Waals surface area contributed by atoms with E-state index in [-0.39, 0.29) is 18.7 Å². The van der Waals surface area contributed by atoms with Crippen LogP contribution in [0.5, 0.6) is 11.5 Å². The van der Waals surface area contributed by atoms with Gasteiger partial charge in [-0.2, -0.15) is 4.98 Å². The molecule has 0 spiro atoms. The number of piperazine rings is 1. The van der Waals surface area contributed by atoms with E-state index in [2.05, 4.69) is 21.9 Å². The Kier molecular flexibility index (Phi) is 7.10. The number of aryl methyl sites for hydroxylation is 1. The van der Waals surface area contributed by atoms with Crippen LogP contribution < -0.4 is 30.5 Å². The summed E-state index contributed by atoms with van der Waals surface area (Å²) in [7, 11) is 4.64. The van der Waals surface area contributed by atoms with Crippen molar-refractivity contribution in [3.63, 3.8) is 0 Å². The molecule has 0 aliphatic carbocycles. The maximum atomic E-state index is 13.2. The molecule has 1 fully saturated rings. The molecule has 1 atom stereocenters. The molecule has 0 saturated carbocycles. The van der Waals surface area contributed by atoms with Crippen LogP contribution in [-0.2, 0) is 20.6 Å². The minimum atomic E-state index is -0.930. The van der Waals surface area contributed by atoms with Crippen LogP contribution in [0.4, 0.5) is 11.6 Å². The van der Waals surface area contributed by atoms with E-state index in [1.165, 1.54) is 11.6 Å². The average Bonchev–Trinajstić information content (AvgIpc) is 3.33. The second-order valence-electron chi connectivity index (χ2n) is 9.35. The second-order valence-corrected chi connectivity index (χ2v) is 9.35. The number of hydrogen-bond donors (Lipinski definition) is 1. The van der Waals surface area contributed by atoms with Gasteiger partial charge in [-0.05, 0) is 36.4 Å². The molecule has 4 aromatic rings. The van der Waals surface area contributed by atoms with E-state index in [0.29, 0.717) is 36.2 Å². The second kappa shape index (κ2) is 10.6. The highest BCUT2D eigenvalue weighted by atomic mass is 16.5. The zero-order valence-corrected chi connectivity index (χ0v) is 21.8. The van der Waals surface area contributed by atoms with Crippen molar-refractivity contribution < 1.29 is 14.6 Å². The first-order valence-electron chi connectivity index (χ1n) is 12.5. The molecule has 1 N–H and O–H groups in total. The normalized spacial score (nSPS) is 14.6. The molecule has 38 heavy (non-hydrogen) atoms. The van der Waals surface area contributed by atoms with Crippen LogP contribution in [0.25, 0.3) is 11.2 Å². The highest BCUT2D eigenvalue weighted by Crippen LogP contribution is 2.24. The lowest BCUT2D eigenvalue weighted by atomic mass is 10.2. The summed E-state index contributed by atoms with van der Waals surface area (Å²) in [6.07, 6.45) is -0.930. The first kappa shape index (κ1) is 25.4. The van der Waals surface area contributed by atoms with Gasteiger partial charge in [0, 0.05) is 46.0 Å². The lowest BCUT2D eigenvalue weighted by Gasteiger charge is -2.36. The molecule has 0 radical (unpaired) electrons. The maximum absolute atomic E-state index is 13.2. The van der Waals surface area contributed by atoms with Crippen molar-refractivity contribution in [3.8, 4) is 11.5 Å². The molecule has 1 aliphatic rings. The fourth-order valence-corrected chi connectivity index (χ4v) is 4.78. The van der Waals surface area contributed by atoms with Gasteiger partial charge in [-0.3, -0.25) is 13.9 Å². The molecule has 0 amide bonds. The summed E-state index contributed by atoms with van der Waals surface area (Å²) >= 11 is 0. The van der Waals surface area contributed by atoms with Gasteiger partial charge in [0.1, 0.15) is 24.2 Å². The Bertz CT molecular complexity index is 1520. The highest BCUT2D eigenvalue weighted by Gasteiger charge is 2.27. The number of aromatic nitrogens is 4. The average molecular weight is 521 g/mol. The number of methoxy groups -OCH3 is 1. The summed E-state index contributed by atoms with van der Waals surface area (Å²) in [5.41, 5.74) is 0.826. The van der Waals surface area contributed by atoms with Gasteiger partial charge in [0.25, 0.3) is 5.56 Å². The van der Waals surface area contributed by atoms with Crippen LogP contribution in [0.2, 0.25) is 0 Å². The van der Waals surface area contributed by atoms with E-state index in [9.17, 15) is 14.7 Å². The van der Waals surface area contributed by atoms with Gasteiger partial charge in [0.15, 0.2) is 11.2 Å². The first-order valence-corrected chi connectivity index (χ1v) is 12.5. The summed E-state index contributed by atoms with van der Waals surface area (Å²) in [5, 5.41) is 10.9. The van der Waals surface area contributed by atoms with Gasteiger partial charge in [-0.25, -0.2) is 4.79 Å². The molecular formula is C27H32N6O5. The molecule has 2 aromatic heterocycles. The molecule has 11 heteroatoms. The minimum Gasteiger partial charge on any atom is -0.497 e. The van der Waals surface area contributed by atoms with E-state index in [1.807, 2.05) is 18.2 Å². The Hall–Kier alpha value is -4.25. The third kappa shape index (κ3) is 4.84. The van der Waals surface area contributed by atoms with Crippen LogP contribution in [0.15, 0.2) is 64.2 Å². The molecule has 2 aromatic carbocycles. The van der Waals surface area contributed by atoms with Crippen molar-refractivity contribution in [2.24, 2.45) is 14.1 Å². The number of anilines is 2. The number of imidazole rings is 1. The predicted molar refractivity (Wildman–Crippen MR) is 146 cm³/mol. The van der Waals surface area contributed by atoms with Gasteiger partial charge in [0.2, 0.25) is 5.95 Å². The Balaban J connectivity index is 1.42. The van der Waals surface area contributed by atoms with Crippen molar-refractivity contribution >= 4 is 22.8 Å². The Morgan fingerprint density at radius 3 is 2.18 bits per heavy atom. The minimum absolute atomic E-state index is 0.0132. The van der Waals surface area contributed by atoms with Crippen molar-refractivity contribution in [1.82, 2.24) is 18.7 Å². The van der Waals surface area contributed by atoms with Crippen molar-refractivity contribution in [2.75, 3.05) is 49.7 Å². The Labute approximate surface area is 219 Å². The molecule has 5 rings (SSSR count). The van der Waals surface area contributed by atoms with Gasteiger partial charge in [-0.1, -0.05) is 18.2 Å². The van der Waals surface area contributed by atoms with E-state index in [0.717, 1.165) is 23.3 Å². The van der Waals surface area contributed by atoms with Gasteiger partial charge in [-0.15, -0.1) is 0 Å². The maximum Gasteiger partial charge on any atom is 0.332 e. The molecule has 0 bridgehead atoms. The van der Waals surface area contributed by atoms with Crippen LogP contribution in [0.3, 0.4) is 0 Å². The van der Waals surface area contributed by atoms with Crippen molar-refractivity contribution in [2.45, 2.75) is 12.6 Å². The van der Waals surface area contributed by atoms with E-state index in [4.69, 9.17) is 14.5 Å². The molecule has 0 unspecified atom stereocenters. The number of para-hydroxylation sites is 1. The number of benzene rings is 2. The first-order chi connectivity index (χ1) is 18.4. The molecular weight excluding hydrogens is 488 g/mol. The van der Waals surface area contributed by atoms with Crippen molar-refractivity contribution in [1.29, 1.82) is 0 Å². The molecule has 1 aliphatic heterocycles. The SMILES string of the molecule is COc1ccc(OC[C@H](O)Cn2c(N3CCN(c4ccccc4)CC3)nc3c2c(=O)n(C)c(=O)n3C)cc1. The number of aliphatic hydroxyl groups is 1. The molecule has 11 nitrogen and oxygen atoms in total. The number of fused-ring (bicyclic) bond motifs is 1. The third-order valence-corrected chi connectivity index (χ3v) is 6.91. The lowest BCUT2D eigenvalue weighted by Crippen LogP contribution is -2.47. The fourth-order valence-electron chi connectivity index (χ4n) is 4.78. The quantitative estimate of drug-likeness (QED) is 0.370. The molecule has 3 heterocycles. The zero-order valence-electron chi connectivity index (χ0n) is 21.8. The van der Waals surface area contributed by atoms with Crippen LogP contribution in [0, 0.1) is 0 Å². The summed E-state index contributed by atoms with van der Waals surface area (Å²) in [5.74, 6) is 1.85. The van der Waals surface area contributed by atoms with Gasteiger partial charge < -0.3 is 28.9 Å². The number of rotatable bonds is 8. The lowest BCUT2D eigenvalue weighted by molar-refractivity contribution is 0.0936. The van der Waals surface area contributed by atoms with Gasteiger partial charge in [0.05, 0.1) is 13.7 Å². The van der Waals surface area contributed by atoms with Gasteiger partial charge >= 0.3 is 5.69 Å². The number of aliphatic hydroxyl groups excluding tert-OH is 1. The Morgan fingerprint density at radius 1 is 0.895 bits per heavy atom. The van der Waals surface area contributed by atoms with Crippen LogP contribution in [0.1, 0.15) is 0 Å². The van der Waals surface area contributed by atoms with E-state index >= 15 is 0 Å². The topological polar surface area (TPSA) is 107 Å². The number of nitrogens with zero attached hydrogens (tertiary/aromatic N) is 6. The Morgan fingerprint density at radius 2 is 1.53 bits per heavy atom. The van der Waals surface area contributed by atoms with Crippen molar-refractivity contribution in [3.05, 3.63) is 75.4 Å². The van der Waals surface area contributed by atoms with Crippen LogP contribution in [-0.4, -0.2) is 69.8 Å². The molecule has 200 valence electrons. The summed E-state index contributed by atoms with van der Waals surface area (Å²) in [6.45, 7) is 2.98. The summed E-state index contributed by atoms with van der Waals surface area (Å²) in [4.78, 5) is 35.0. The van der Waals surface area contributed by atoms with Crippen LogP contribution >= 0.6 is 0 Å². The largest absolute Gasteiger partial charge is 0.497 e. The highest BCUT2D eigenvalue weighted by molar-refractivity contribution is 5.74.